The van der Waals surface area contributed by atoms with Crippen LogP contribution in [0.4, 0.5) is 0 Å². The van der Waals surface area contributed by atoms with Crippen LogP contribution in [0.25, 0.3) is 0 Å². The number of piperidine rings is 1. The van der Waals surface area contributed by atoms with Crippen molar-refractivity contribution in [3.63, 3.8) is 0 Å². The van der Waals surface area contributed by atoms with Gasteiger partial charge in [0.2, 0.25) is 0 Å². The van der Waals surface area contributed by atoms with Crippen LogP contribution < -0.4 is 0 Å². The van der Waals surface area contributed by atoms with E-state index in [1.165, 1.54) is 174 Å². The zero-order valence-electron chi connectivity index (χ0n) is 87.2. The minimum absolute atomic E-state index is 0. The monoisotopic (exact) mass is 1730 g/mol. The fourth-order valence-corrected chi connectivity index (χ4v) is 13.4. The molecule has 121 heavy (non-hydrogen) atoms. The van der Waals surface area contributed by atoms with E-state index in [9.17, 15) is 0 Å². The molecule has 3 unspecified atom stereocenters. The number of aliphatic hydroxyl groups excluding tert-OH is 1. The molecule has 12 aliphatic rings. The van der Waals surface area contributed by atoms with Crippen LogP contribution in [0, 0.1) is 28.6 Å². The lowest BCUT2D eigenvalue weighted by molar-refractivity contribution is -0.216. The van der Waals surface area contributed by atoms with Crippen molar-refractivity contribution in [2.45, 2.75) is 535 Å². The molecule has 17 nitrogen and oxygen atoms in total. The van der Waals surface area contributed by atoms with Gasteiger partial charge in [0.05, 0.1) is 151 Å². The van der Waals surface area contributed by atoms with E-state index in [0.717, 1.165) is 103 Å². The van der Waals surface area contributed by atoms with E-state index in [1.54, 1.807) is 0 Å². The highest BCUT2D eigenvalue weighted by molar-refractivity contribution is 4.89. The van der Waals surface area contributed by atoms with Crippen LogP contribution >= 0.6 is 0 Å². The predicted molar refractivity (Wildman–Crippen MR) is 514 cm³/mol. The first-order chi connectivity index (χ1) is 54.5. The van der Waals surface area contributed by atoms with Crippen LogP contribution in [0.3, 0.4) is 0 Å². The van der Waals surface area contributed by atoms with Crippen molar-refractivity contribution in [3.05, 3.63) is 0 Å². The summed E-state index contributed by atoms with van der Waals surface area (Å²) in [4.78, 5) is 7.30. The van der Waals surface area contributed by atoms with Gasteiger partial charge in [-0.05, 0) is 426 Å². The molecule has 0 radical (unpaired) electrons. The Labute approximate surface area is 753 Å². The number of likely N-dealkylation sites (N-methyl/N-ethyl adjacent to an activating group) is 1. The summed E-state index contributed by atoms with van der Waals surface area (Å²) in [6, 6.07) is 0. The maximum absolute atomic E-state index is 8.94. The largest absolute Gasteiger partial charge is 0.393 e. The summed E-state index contributed by atoms with van der Waals surface area (Å²) in [6.07, 6.45) is 34.3. The Hall–Kier alpha value is -0.680. The van der Waals surface area contributed by atoms with Crippen molar-refractivity contribution in [2.75, 3.05) is 112 Å². The molecule has 0 aromatic carbocycles. The van der Waals surface area contributed by atoms with Gasteiger partial charge in [0.15, 0.2) is 0 Å². The summed E-state index contributed by atoms with van der Waals surface area (Å²) in [5.41, 5.74) is 1.46. The molecule has 7 saturated carbocycles. The van der Waals surface area contributed by atoms with E-state index in [0.29, 0.717) is 53.6 Å². The Balaban J connectivity index is 0.00000130. The van der Waals surface area contributed by atoms with E-state index in [-0.39, 0.29) is 75.1 Å². The van der Waals surface area contributed by atoms with E-state index in [2.05, 4.69) is 257 Å². The van der Waals surface area contributed by atoms with Gasteiger partial charge in [-0.3, -0.25) is 0 Å². The maximum atomic E-state index is 8.94. The zero-order valence-corrected chi connectivity index (χ0v) is 87.2. The quantitative estimate of drug-likeness (QED) is 0.138. The lowest BCUT2D eigenvalue weighted by Crippen LogP contribution is -2.48. The van der Waals surface area contributed by atoms with Crippen LogP contribution in [-0.4, -0.2) is 243 Å². The summed E-state index contributed by atoms with van der Waals surface area (Å²) >= 11 is 0. The van der Waals surface area contributed by atoms with Crippen LogP contribution in [0.2, 0.25) is 0 Å². The number of likely N-dealkylation sites (tertiary alicyclic amines) is 3. The van der Waals surface area contributed by atoms with Gasteiger partial charge >= 0.3 is 0 Å². The fourth-order valence-electron chi connectivity index (χ4n) is 13.4. The van der Waals surface area contributed by atoms with Crippen LogP contribution in [0.5, 0.6) is 0 Å². The smallest absolute Gasteiger partial charge is 0.107 e. The van der Waals surface area contributed by atoms with Crippen LogP contribution in [0.1, 0.15) is 425 Å². The van der Waals surface area contributed by atoms with Crippen molar-refractivity contribution in [1.29, 1.82) is 0 Å². The lowest BCUT2D eigenvalue weighted by atomic mass is 9.86. The van der Waals surface area contributed by atoms with E-state index < -0.39 is 0 Å². The molecule has 12 rings (SSSR count). The van der Waals surface area contributed by atoms with Crippen LogP contribution in [0.15, 0.2) is 0 Å². The molecular weight excluding hydrogens is 1520 g/mol. The van der Waals surface area contributed by atoms with Crippen LogP contribution in [-0.2, 0) is 61.6 Å². The summed E-state index contributed by atoms with van der Waals surface area (Å²) < 4.78 is 72.4. The normalized spacial score (nSPS) is 23.8. The van der Waals surface area contributed by atoms with Crippen molar-refractivity contribution in [3.8, 4) is 0 Å². The number of hydrogen-bond donors (Lipinski definition) is 1. The van der Waals surface area contributed by atoms with Crippen molar-refractivity contribution in [2.24, 2.45) is 28.6 Å². The molecule has 728 valence electrons. The first-order valence-corrected chi connectivity index (χ1v) is 48.8. The van der Waals surface area contributed by atoms with Crippen molar-refractivity contribution >= 4 is 0 Å². The van der Waals surface area contributed by atoms with E-state index in [1.807, 2.05) is 27.7 Å². The molecule has 5 aliphatic heterocycles. The highest BCUT2D eigenvalue weighted by Gasteiger charge is 2.39. The number of hydrogen-bond acceptors (Lipinski definition) is 17. The SMILES string of the molecule is C.CC(C)(C)C1CC1.CC(C)(C)OC1CC(O)C1.CC(C)(C)OC1CCC1.CC(C)(C)OC1CCCC1.CC(C)(C)OC1COC1.CC(C)(C)OCC1CC1.CC(C)(C)OCC1CCC1.CC(C)(C)OCCN1CCCC1.CC(C)(C)OCCN1CCCCC1.CC1(COC(C)(C)C)CC1.CC1OCC1OC(C)(C)C.CN1CCC(OC(C)(C)C)C1. The van der Waals surface area contributed by atoms with Gasteiger partial charge in [-0.2, -0.15) is 0 Å². The molecule has 1 N–H and O–H groups in total. The van der Waals surface area contributed by atoms with E-state index in [4.69, 9.17) is 66.7 Å². The second-order valence-corrected chi connectivity index (χ2v) is 49.3. The number of ether oxygens (including phenoxy) is 13. The predicted octanol–water partition coefficient (Wildman–Crippen LogP) is 25.4. The second kappa shape index (κ2) is 56.3. The number of nitrogens with zero attached hydrogens (tertiary/aromatic N) is 3. The third-order valence-electron chi connectivity index (χ3n) is 21.3. The Kier molecular flexibility index (Phi) is 55.9. The topological polar surface area (TPSA) is 150 Å². The van der Waals surface area contributed by atoms with Crippen molar-refractivity contribution < 1.29 is 66.7 Å². The molecule has 5 saturated heterocycles. The van der Waals surface area contributed by atoms with Gasteiger partial charge < -0.3 is 81.4 Å². The first kappa shape index (κ1) is 120. The molecule has 12 fully saturated rings. The maximum Gasteiger partial charge on any atom is 0.107 e. The second-order valence-electron chi connectivity index (χ2n) is 49.3. The zero-order chi connectivity index (χ0) is 92.1. The molecule has 0 amide bonds. The minimum atomic E-state index is -0.104. The highest BCUT2D eigenvalue weighted by Crippen LogP contribution is 2.46. The number of rotatable bonds is 18. The number of aliphatic hydroxyl groups is 1. The highest BCUT2D eigenvalue weighted by atomic mass is 16.6. The molecule has 7 aliphatic carbocycles. The molecule has 0 aromatic heterocycles. The molecule has 0 aromatic rings. The molecule has 0 bridgehead atoms. The Morgan fingerprint density at radius 2 is 0.694 bits per heavy atom. The molecule has 17 heteroatoms. The fraction of sp³-hybridized carbons (Fsp3) is 1.00. The molecule has 0 spiro atoms. The minimum Gasteiger partial charge on any atom is -0.393 e. The van der Waals surface area contributed by atoms with Gasteiger partial charge in [-0.15, -0.1) is 0 Å². The summed E-state index contributed by atoms with van der Waals surface area (Å²) in [5.74, 6) is 2.82. The Bertz CT molecular complexity index is 2450. The first-order valence-electron chi connectivity index (χ1n) is 48.8. The summed E-state index contributed by atoms with van der Waals surface area (Å²) in [5, 5.41) is 8.94. The Morgan fingerprint density at radius 3 is 0.926 bits per heavy atom. The van der Waals surface area contributed by atoms with Gasteiger partial charge in [0.25, 0.3) is 0 Å². The van der Waals surface area contributed by atoms with Crippen molar-refractivity contribution in [1.82, 2.24) is 14.7 Å². The Morgan fingerprint density at radius 1 is 0.347 bits per heavy atom. The molecule has 5 heterocycles. The van der Waals surface area contributed by atoms with Gasteiger partial charge in [0.1, 0.15) is 12.2 Å². The lowest BCUT2D eigenvalue weighted by Gasteiger charge is -2.38. The third-order valence-corrected chi connectivity index (χ3v) is 21.3. The van der Waals surface area contributed by atoms with Gasteiger partial charge in [-0.25, -0.2) is 0 Å². The van der Waals surface area contributed by atoms with E-state index >= 15 is 0 Å². The van der Waals surface area contributed by atoms with Gasteiger partial charge in [-0.1, -0.05) is 60.8 Å². The standard InChI is InChI=1S/C11H23NO.C10H21NO.C9H19NO.3C9H18O.2C8H16O2.2C8H16O.C7H14O2.C7H14.CH4/c1-11(2,3)13-10-9-12-7-5-4-6-8-12;1-10(2,3)12-9-8-11-6-4-5-7-11;1-9(2,3)11-8-5-6-10(4)7-8;1-8(2,3)10-7-9(4)5-6-9;1-9(2,3)10-7-8-5-4-6-8;1-9(2,3)10-8-6-4-5-7-8;1-8(2,3)10-7-4-6(9)5-7;1-6-7(5-9-6)10-8(2,3)4;1-8(2,3)9-6-7-4-5-7;1-8(2,3)9-7-5-4-6-7;1-7(2,3)9-6-4-8-5-6;1-7(2,3)6-4-5-6;/h4-10H2,1-3H3;4-9H2,1-3H3;8H,5-7H2,1-4H3;5-7H2,1-4H3;2*8H,4-7H2,1-3H3;6-7,9H,4-5H2,1-3H3;6-7H,5H2,1-4H3;2*7H,4-6H2,1-3H3;6H,4-5H2,1-3H3;6H,4-5H2,1-3H3;1H4. The average Bonchev–Trinajstić information content (AvgIpc) is 1.72. The molecule has 3 atom stereocenters. The summed E-state index contributed by atoms with van der Waals surface area (Å²) in [7, 11) is 2.14. The average molecular weight is 1730 g/mol. The molecular formula is C104H213N3O14. The summed E-state index contributed by atoms with van der Waals surface area (Å²) in [6.45, 7) is 97.1. The van der Waals surface area contributed by atoms with Gasteiger partial charge in [0, 0.05) is 26.2 Å². The third kappa shape index (κ3) is 77.8.